The molecule has 17 heavy (non-hydrogen) atoms. The zero-order chi connectivity index (χ0) is 12.1. The lowest BCUT2D eigenvalue weighted by Crippen LogP contribution is -2.06. The van der Waals surface area contributed by atoms with Gasteiger partial charge < -0.3 is 9.88 Å². The summed E-state index contributed by atoms with van der Waals surface area (Å²) in [5, 5.41) is 3.29. The fourth-order valence-corrected chi connectivity index (χ4v) is 1.67. The van der Waals surface area contributed by atoms with Gasteiger partial charge in [-0.05, 0) is 13.3 Å². The average molecular weight is 231 g/mol. The van der Waals surface area contributed by atoms with Crippen LogP contribution in [0.4, 0.5) is 5.82 Å². The minimum absolute atomic E-state index is 0.824. The van der Waals surface area contributed by atoms with Crippen molar-refractivity contribution in [2.24, 2.45) is 0 Å². The molecule has 5 heteroatoms. The third-order valence-corrected chi connectivity index (χ3v) is 2.54. The Morgan fingerprint density at radius 3 is 2.82 bits per heavy atom. The van der Waals surface area contributed by atoms with E-state index in [0.717, 1.165) is 36.7 Å². The van der Waals surface area contributed by atoms with Crippen LogP contribution >= 0.6 is 0 Å². The summed E-state index contributed by atoms with van der Waals surface area (Å²) in [5.74, 6) is 0.824. The molecule has 2 aromatic heterocycles. The maximum atomic E-state index is 4.40. The smallest absolute Gasteiger partial charge is 0.154 e. The molecular formula is C12H17N5. The molecule has 0 spiro atoms. The molecule has 0 unspecified atom stereocenters. The first-order chi connectivity index (χ1) is 8.36. The van der Waals surface area contributed by atoms with Crippen LogP contribution in [-0.4, -0.2) is 26.1 Å². The first-order valence-corrected chi connectivity index (χ1v) is 5.92. The molecule has 0 atom stereocenters. The summed E-state index contributed by atoms with van der Waals surface area (Å²) in [4.78, 5) is 12.9. The summed E-state index contributed by atoms with van der Waals surface area (Å²) in [7, 11) is 0. The van der Waals surface area contributed by atoms with Gasteiger partial charge in [0.05, 0.1) is 18.2 Å². The third kappa shape index (κ3) is 2.43. The van der Waals surface area contributed by atoms with Gasteiger partial charge in [0.2, 0.25) is 0 Å². The van der Waals surface area contributed by atoms with Crippen molar-refractivity contribution in [2.45, 2.75) is 26.8 Å². The van der Waals surface area contributed by atoms with Crippen LogP contribution in [0.15, 0.2) is 24.9 Å². The first-order valence-electron chi connectivity index (χ1n) is 5.92. The summed E-state index contributed by atoms with van der Waals surface area (Å²) in [6.07, 6.45) is 8.11. The standard InChI is InChI=1S/C12H17N5/c1-3-5-15-12-11(14-6-7-16-12)10-8-13-9-17(10)4-2/h6-9H,3-5H2,1-2H3,(H,15,16). The molecule has 90 valence electrons. The highest BCUT2D eigenvalue weighted by Gasteiger charge is 2.11. The molecule has 0 saturated heterocycles. The summed E-state index contributed by atoms with van der Waals surface area (Å²) < 4.78 is 2.06. The number of nitrogens with zero attached hydrogens (tertiary/aromatic N) is 4. The van der Waals surface area contributed by atoms with Crippen molar-refractivity contribution in [3.63, 3.8) is 0 Å². The van der Waals surface area contributed by atoms with Gasteiger partial charge in [0.15, 0.2) is 5.82 Å². The number of aromatic nitrogens is 4. The summed E-state index contributed by atoms with van der Waals surface area (Å²) in [5.41, 5.74) is 1.86. The van der Waals surface area contributed by atoms with Crippen LogP contribution in [0.1, 0.15) is 20.3 Å². The number of rotatable bonds is 5. The molecule has 0 saturated carbocycles. The Morgan fingerprint density at radius 1 is 1.24 bits per heavy atom. The lowest BCUT2D eigenvalue weighted by Gasteiger charge is -2.10. The molecular weight excluding hydrogens is 214 g/mol. The lowest BCUT2D eigenvalue weighted by molar-refractivity contribution is 0.766. The van der Waals surface area contributed by atoms with Crippen molar-refractivity contribution >= 4 is 5.82 Å². The maximum Gasteiger partial charge on any atom is 0.154 e. The minimum Gasteiger partial charge on any atom is -0.368 e. The molecule has 0 aliphatic carbocycles. The SMILES string of the molecule is CCCNc1nccnc1-c1cncn1CC. The molecule has 0 radical (unpaired) electrons. The van der Waals surface area contributed by atoms with Crippen molar-refractivity contribution in [3.05, 3.63) is 24.9 Å². The number of imidazole rings is 1. The summed E-state index contributed by atoms with van der Waals surface area (Å²) in [6, 6.07) is 0. The van der Waals surface area contributed by atoms with Crippen LogP contribution in [0.25, 0.3) is 11.4 Å². The van der Waals surface area contributed by atoms with Gasteiger partial charge in [0, 0.05) is 25.5 Å². The van der Waals surface area contributed by atoms with Crippen LogP contribution in [0.2, 0.25) is 0 Å². The van der Waals surface area contributed by atoms with Crippen LogP contribution in [0.3, 0.4) is 0 Å². The Morgan fingerprint density at radius 2 is 2.06 bits per heavy atom. The minimum atomic E-state index is 0.824. The normalized spacial score (nSPS) is 10.5. The van der Waals surface area contributed by atoms with E-state index in [1.54, 1.807) is 12.4 Å². The Labute approximate surface area is 101 Å². The zero-order valence-corrected chi connectivity index (χ0v) is 10.2. The number of nitrogens with one attached hydrogen (secondary N) is 1. The van der Waals surface area contributed by atoms with Gasteiger partial charge in [0.25, 0.3) is 0 Å². The topological polar surface area (TPSA) is 55.6 Å². The van der Waals surface area contributed by atoms with Gasteiger partial charge in [0.1, 0.15) is 5.69 Å². The third-order valence-electron chi connectivity index (χ3n) is 2.54. The van der Waals surface area contributed by atoms with Crippen LogP contribution in [-0.2, 0) is 6.54 Å². The highest BCUT2D eigenvalue weighted by Crippen LogP contribution is 2.22. The highest BCUT2D eigenvalue weighted by atomic mass is 15.1. The fourth-order valence-electron chi connectivity index (χ4n) is 1.67. The molecule has 0 bridgehead atoms. The molecule has 1 N–H and O–H groups in total. The molecule has 5 nitrogen and oxygen atoms in total. The molecule has 0 amide bonds. The second kappa shape index (κ2) is 5.43. The Kier molecular flexibility index (Phi) is 3.69. The Hall–Kier alpha value is -1.91. The molecule has 0 aromatic carbocycles. The van der Waals surface area contributed by atoms with Crippen molar-refractivity contribution in [2.75, 3.05) is 11.9 Å². The number of anilines is 1. The monoisotopic (exact) mass is 231 g/mol. The van der Waals surface area contributed by atoms with Crippen molar-refractivity contribution < 1.29 is 0 Å². The second-order valence-electron chi connectivity index (χ2n) is 3.75. The predicted molar refractivity (Wildman–Crippen MR) is 67.7 cm³/mol. The van der Waals surface area contributed by atoms with E-state index >= 15 is 0 Å². The molecule has 0 fully saturated rings. The van der Waals surface area contributed by atoms with Crippen LogP contribution < -0.4 is 5.32 Å². The van der Waals surface area contributed by atoms with Crippen LogP contribution in [0, 0.1) is 0 Å². The van der Waals surface area contributed by atoms with Crippen molar-refractivity contribution in [1.82, 2.24) is 19.5 Å². The Bertz CT molecular complexity index is 477. The highest BCUT2D eigenvalue weighted by molar-refractivity contribution is 5.67. The van der Waals surface area contributed by atoms with E-state index in [4.69, 9.17) is 0 Å². The fraction of sp³-hybridized carbons (Fsp3) is 0.417. The summed E-state index contributed by atoms with van der Waals surface area (Å²) in [6.45, 7) is 5.98. The Balaban J connectivity index is 2.37. The quantitative estimate of drug-likeness (QED) is 0.857. The second-order valence-corrected chi connectivity index (χ2v) is 3.75. The van der Waals surface area contributed by atoms with Crippen LogP contribution in [0.5, 0.6) is 0 Å². The van der Waals surface area contributed by atoms with Crippen molar-refractivity contribution in [3.8, 4) is 11.4 Å². The van der Waals surface area contributed by atoms with E-state index in [1.165, 1.54) is 0 Å². The van der Waals surface area contributed by atoms with Gasteiger partial charge in [-0.2, -0.15) is 0 Å². The molecule has 2 heterocycles. The van der Waals surface area contributed by atoms with Gasteiger partial charge in [-0.1, -0.05) is 6.92 Å². The van der Waals surface area contributed by atoms with Gasteiger partial charge in [-0.3, -0.25) is 0 Å². The van der Waals surface area contributed by atoms with E-state index in [0.29, 0.717) is 0 Å². The van der Waals surface area contributed by atoms with E-state index in [-0.39, 0.29) is 0 Å². The molecule has 2 aromatic rings. The predicted octanol–water partition coefficient (Wildman–Crippen LogP) is 2.18. The lowest BCUT2D eigenvalue weighted by atomic mass is 10.3. The van der Waals surface area contributed by atoms with E-state index in [9.17, 15) is 0 Å². The first kappa shape index (κ1) is 11.6. The van der Waals surface area contributed by atoms with Gasteiger partial charge in [-0.15, -0.1) is 0 Å². The van der Waals surface area contributed by atoms with Gasteiger partial charge >= 0.3 is 0 Å². The van der Waals surface area contributed by atoms with E-state index < -0.39 is 0 Å². The number of aryl methyl sites for hydroxylation is 1. The van der Waals surface area contributed by atoms with E-state index in [2.05, 4.69) is 38.7 Å². The number of hydrogen-bond acceptors (Lipinski definition) is 4. The maximum absolute atomic E-state index is 4.40. The average Bonchev–Trinajstić information content (AvgIpc) is 2.84. The largest absolute Gasteiger partial charge is 0.368 e. The molecule has 0 aliphatic rings. The zero-order valence-electron chi connectivity index (χ0n) is 10.2. The number of hydrogen-bond donors (Lipinski definition) is 1. The van der Waals surface area contributed by atoms with E-state index in [1.807, 2.05) is 12.5 Å². The summed E-state index contributed by atoms with van der Waals surface area (Å²) >= 11 is 0. The molecule has 2 rings (SSSR count). The van der Waals surface area contributed by atoms with Gasteiger partial charge in [-0.25, -0.2) is 15.0 Å². The molecule has 0 aliphatic heterocycles. The van der Waals surface area contributed by atoms with Crippen molar-refractivity contribution in [1.29, 1.82) is 0 Å².